The van der Waals surface area contributed by atoms with Gasteiger partial charge in [0.25, 0.3) is 0 Å². The summed E-state index contributed by atoms with van der Waals surface area (Å²) in [7, 11) is 0. The van der Waals surface area contributed by atoms with Gasteiger partial charge in [0, 0.05) is 10.0 Å². The molecule has 1 aromatic rings. The molecule has 1 rings (SSSR count). The molecular weight excluding hydrogens is 311 g/mol. The van der Waals surface area contributed by atoms with Crippen molar-refractivity contribution in [1.82, 2.24) is 0 Å². The molecule has 0 fully saturated rings. The van der Waals surface area contributed by atoms with Crippen molar-refractivity contribution in [1.29, 1.82) is 0 Å². The van der Waals surface area contributed by atoms with Crippen molar-refractivity contribution in [2.24, 2.45) is 0 Å². The van der Waals surface area contributed by atoms with Gasteiger partial charge >= 0.3 is 58.4 Å². The van der Waals surface area contributed by atoms with Gasteiger partial charge in [0.05, 0.1) is 0 Å². The van der Waals surface area contributed by atoms with Crippen molar-refractivity contribution in [3.63, 3.8) is 0 Å². The van der Waals surface area contributed by atoms with Crippen LogP contribution in [0, 0.1) is 6.92 Å². The zero-order chi connectivity index (χ0) is 11.6. The average molecular weight is 319 g/mol. The number of phenolic OH excluding ortho intramolecular Hbond substituents is 1. The quantitative estimate of drug-likeness (QED) is 0.802. The zero-order valence-corrected chi connectivity index (χ0v) is 13.6. The normalized spacial score (nSPS) is 11.6. The monoisotopic (exact) mass is 318 g/mol. The Hall–Kier alpha value is 0.731. The van der Waals surface area contributed by atoms with Crippen LogP contribution in [-0.4, -0.2) is 12.1 Å². The van der Waals surface area contributed by atoms with E-state index in [4.69, 9.17) is 0 Å². The van der Waals surface area contributed by atoms with Crippen LogP contribution in [-0.2, 0) is 0 Å². The molecule has 0 bridgehead atoms. The fourth-order valence-electron chi connectivity index (χ4n) is 1.10. The molecule has 0 spiro atoms. The standard InChI is InChI=1S/C9H8BBrF3O.K/c1-6-4-8(11)5-7(9(6)15)2-3-10(12,13)14;/h2-5,15H,1H3;/q-1;+1/b3-2+;. The van der Waals surface area contributed by atoms with Crippen LogP contribution < -0.4 is 51.4 Å². The topological polar surface area (TPSA) is 20.2 Å². The second kappa shape index (κ2) is 6.61. The number of rotatable bonds is 2. The Bertz CT molecular complexity index is 406. The van der Waals surface area contributed by atoms with Gasteiger partial charge in [-0.25, -0.2) is 0 Å². The third-order valence-electron chi connectivity index (χ3n) is 1.79. The molecule has 0 aliphatic rings. The Morgan fingerprint density at radius 1 is 1.31 bits per heavy atom. The summed E-state index contributed by atoms with van der Waals surface area (Å²) in [5, 5.41) is 9.49. The largest absolute Gasteiger partial charge is 1.00 e. The van der Waals surface area contributed by atoms with Crippen LogP contribution in [0.4, 0.5) is 12.9 Å². The first-order valence-electron chi connectivity index (χ1n) is 4.18. The maximum Gasteiger partial charge on any atom is 1.00 e. The average Bonchev–Trinajstić information content (AvgIpc) is 2.07. The van der Waals surface area contributed by atoms with Gasteiger partial charge in [0.2, 0.25) is 0 Å². The molecule has 0 saturated heterocycles. The zero-order valence-electron chi connectivity index (χ0n) is 8.85. The summed E-state index contributed by atoms with van der Waals surface area (Å²) in [5.41, 5.74) is 0.680. The molecule has 1 aromatic carbocycles. The van der Waals surface area contributed by atoms with Gasteiger partial charge in [-0.15, -0.1) is 5.98 Å². The minimum Gasteiger partial charge on any atom is -0.507 e. The summed E-state index contributed by atoms with van der Waals surface area (Å²) in [4.78, 5) is 0. The summed E-state index contributed by atoms with van der Waals surface area (Å²) >= 11 is 3.15. The fourth-order valence-corrected chi connectivity index (χ4v) is 1.69. The smallest absolute Gasteiger partial charge is 0.507 e. The first-order chi connectivity index (χ1) is 6.79. The third-order valence-corrected chi connectivity index (χ3v) is 2.25. The van der Waals surface area contributed by atoms with Gasteiger partial charge in [0.15, 0.2) is 0 Å². The van der Waals surface area contributed by atoms with Crippen molar-refractivity contribution >= 4 is 29.0 Å². The Kier molecular flexibility index (Phi) is 6.91. The van der Waals surface area contributed by atoms with Gasteiger partial charge in [-0.2, -0.15) is 0 Å². The first-order valence-corrected chi connectivity index (χ1v) is 4.97. The number of hydrogen-bond acceptors (Lipinski definition) is 1. The summed E-state index contributed by atoms with van der Waals surface area (Å²) in [5.74, 6) is 0.0236. The predicted octanol–water partition coefficient (Wildman–Crippen LogP) is 0.867. The molecule has 1 nitrogen and oxygen atoms in total. The predicted molar refractivity (Wildman–Crippen MR) is 58.7 cm³/mol. The Morgan fingerprint density at radius 3 is 2.38 bits per heavy atom. The molecular formula is C9H8BBrF3KO. The Morgan fingerprint density at radius 2 is 1.88 bits per heavy atom. The molecule has 0 amide bonds. The van der Waals surface area contributed by atoms with E-state index in [-0.39, 0.29) is 68.7 Å². The molecule has 0 unspecified atom stereocenters. The number of aryl methyl sites for hydroxylation is 1. The van der Waals surface area contributed by atoms with E-state index in [1.54, 1.807) is 13.0 Å². The maximum atomic E-state index is 12.0. The van der Waals surface area contributed by atoms with Crippen LogP contribution in [0.3, 0.4) is 0 Å². The molecule has 0 aromatic heterocycles. The second-order valence-electron chi connectivity index (χ2n) is 3.15. The number of halogens is 4. The second-order valence-corrected chi connectivity index (χ2v) is 4.06. The SMILES string of the molecule is Cc1cc(Br)cc(/C=C/[B-](F)(F)F)c1O.[K+]. The van der Waals surface area contributed by atoms with Crippen molar-refractivity contribution in [2.45, 2.75) is 6.92 Å². The molecule has 7 heteroatoms. The van der Waals surface area contributed by atoms with Crippen LogP contribution in [0.2, 0.25) is 0 Å². The van der Waals surface area contributed by atoms with Gasteiger partial charge in [0.1, 0.15) is 5.75 Å². The van der Waals surface area contributed by atoms with Gasteiger partial charge in [-0.3, -0.25) is 0 Å². The van der Waals surface area contributed by atoms with Crippen LogP contribution in [0.1, 0.15) is 11.1 Å². The van der Waals surface area contributed by atoms with E-state index in [1.807, 2.05) is 0 Å². The van der Waals surface area contributed by atoms with E-state index in [0.29, 0.717) is 10.0 Å². The van der Waals surface area contributed by atoms with E-state index in [9.17, 15) is 18.1 Å². The van der Waals surface area contributed by atoms with E-state index >= 15 is 0 Å². The van der Waals surface area contributed by atoms with E-state index in [2.05, 4.69) is 15.9 Å². The summed E-state index contributed by atoms with van der Waals surface area (Å²) < 4.78 is 36.5. The molecule has 0 saturated carbocycles. The minimum atomic E-state index is -4.97. The van der Waals surface area contributed by atoms with Crippen LogP contribution in [0.15, 0.2) is 22.6 Å². The van der Waals surface area contributed by atoms with Crippen LogP contribution in [0.25, 0.3) is 6.08 Å². The molecule has 1 N–H and O–H groups in total. The Labute approximate surface area is 143 Å². The molecule has 0 heterocycles. The van der Waals surface area contributed by atoms with E-state index < -0.39 is 6.98 Å². The summed E-state index contributed by atoms with van der Waals surface area (Å²) in [6.45, 7) is -3.35. The van der Waals surface area contributed by atoms with E-state index in [1.165, 1.54) is 6.07 Å². The van der Waals surface area contributed by atoms with Crippen LogP contribution >= 0.6 is 15.9 Å². The number of benzene rings is 1. The summed E-state index contributed by atoms with van der Waals surface area (Å²) in [6.07, 6.45) is 0.868. The number of phenols is 1. The van der Waals surface area contributed by atoms with Crippen LogP contribution in [0.5, 0.6) is 5.75 Å². The first kappa shape index (κ1) is 16.7. The maximum absolute atomic E-state index is 12.0. The minimum absolute atomic E-state index is 0. The Balaban J connectivity index is 0.00000225. The van der Waals surface area contributed by atoms with Crippen molar-refractivity contribution < 1.29 is 69.4 Å². The van der Waals surface area contributed by atoms with Gasteiger partial charge in [-0.05, 0) is 24.6 Å². The molecule has 82 valence electrons. The van der Waals surface area contributed by atoms with Gasteiger partial charge < -0.3 is 18.1 Å². The molecule has 0 radical (unpaired) electrons. The molecule has 0 aliphatic carbocycles. The fraction of sp³-hybridized carbons (Fsp3) is 0.111. The van der Waals surface area contributed by atoms with Gasteiger partial charge in [-0.1, -0.05) is 22.0 Å². The molecule has 0 aliphatic heterocycles. The number of aromatic hydroxyl groups is 1. The molecule has 16 heavy (non-hydrogen) atoms. The van der Waals surface area contributed by atoms with Crippen molar-refractivity contribution in [2.75, 3.05) is 0 Å². The summed E-state index contributed by atoms with van der Waals surface area (Å²) in [6, 6.07) is 3.06. The van der Waals surface area contributed by atoms with Crippen molar-refractivity contribution in [3.8, 4) is 5.75 Å². The third kappa shape index (κ3) is 5.38. The molecule has 0 atom stereocenters. The van der Waals surface area contributed by atoms with Crippen molar-refractivity contribution in [3.05, 3.63) is 33.7 Å². The van der Waals surface area contributed by atoms with E-state index in [0.717, 1.165) is 6.08 Å². The number of hydrogen-bond donors (Lipinski definition) is 1.